The number of hydrogen-bond acceptors (Lipinski definition) is 7. The zero-order valence-corrected chi connectivity index (χ0v) is 24.0. The number of carbonyl (C=O) groups is 2. The fourth-order valence-corrected chi connectivity index (χ4v) is 4.27. The predicted octanol–water partition coefficient (Wildman–Crippen LogP) is 5.06. The molecule has 3 aromatic carbocycles. The van der Waals surface area contributed by atoms with Crippen LogP contribution >= 0.6 is 0 Å². The molecule has 0 saturated carbocycles. The fourth-order valence-electron chi connectivity index (χ4n) is 4.27. The Morgan fingerprint density at radius 3 is 2.20 bits per heavy atom. The summed E-state index contributed by atoms with van der Waals surface area (Å²) >= 11 is 0. The van der Waals surface area contributed by atoms with E-state index in [1.165, 1.54) is 12.0 Å². The highest BCUT2D eigenvalue weighted by Crippen LogP contribution is 2.32. The van der Waals surface area contributed by atoms with Crippen LogP contribution in [0.2, 0.25) is 0 Å². The molecule has 10 heteroatoms. The summed E-state index contributed by atoms with van der Waals surface area (Å²) in [6.45, 7) is 3.54. The van der Waals surface area contributed by atoms with Gasteiger partial charge in [0.05, 0.1) is 39.8 Å². The molecule has 0 aliphatic heterocycles. The molecule has 4 aromatic rings. The van der Waals surface area contributed by atoms with E-state index in [0.29, 0.717) is 34.2 Å². The number of rotatable bonds is 11. The van der Waals surface area contributed by atoms with Crippen LogP contribution in [0.1, 0.15) is 24.2 Å². The highest BCUT2D eigenvalue weighted by molar-refractivity contribution is 5.99. The molecule has 0 fully saturated rings. The average Bonchev–Trinajstić information content (AvgIpc) is 3.42. The molecule has 1 aromatic heterocycles. The third kappa shape index (κ3) is 6.60. The van der Waals surface area contributed by atoms with Crippen molar-refractivity contribution < 1.29 is 28.5 Å². The summed E-state index contributed by atoms with van der Waals surface area (Å²) in [5, 5.41) is 2.90. The highest BCUT2D eigenvalue weighted by Gasteiger charge is 2.24. The van der Waals surface area contributed by atoms with Gasteiger partial charge in [-0.05, 0) is 68.4 Å². The van der Waals surface area contributed by atoms with Gasteiger partial charge in [-0.15, -0.1) is 0 Å². The number of carbonyl (C=O) groups excluding carboxylic acids is 2. The lowest BCUT2D eigenvalue weighted by molar-refractivity contribution is -0.117. The molecule has 0 aliphatic carbocycles. The SMILES string of the molecule is COc1ccc(-c2cn(-c3ccc(OC)c(OC)c3)c(NC(=O)CN(C(=O)c3cccc(OC)c3)C(C)C)n2)cc1. The Kier molecular flexibility index (Phi) is 9.13. The number of aromatic nitrogens is 2. The number of amides is 2. The van der Waals surface area contributed by atoms with Gasteiger partial charge >= 0.3 is 0 Å². The summed E-state index contributed by atoms with van der Waals surface area (Å²) in [6.07, 6.45) is 1.82. The van der Waals surface area contributed by atoms with E-state index in [4.69, 9.17) is 23.9 Å². The summed E-state index contributed by atoms with van der Waals surface area (Å²) < 4.78 is 23.2. The zero-order valence-electron chi connectivity index (χ0n) is 24.0. The van der Waals surface area contributed by atoms with E-state index in [1.54, 1.807) is 62.3 Å². The maximum atomic E-state index is 13.4. The lowest BCUT2D eigenvalue weighted by Gasteiger charge is -2.26. The van der Waals surface area contributed by atoms with Gasteiger partial charge in [0.1, 0.15) is 18.0 Å². The first kappa shape index (κ1) is 29.0. The molecule has 214 valence electrons. The Morgan fingerprint density at radius 2 is 1.56 bits per heavy atom. The molecule has 10 nitrogen and oxygen atoms in total. The van der Waals surface area contributed by atoms with E-state index in [0.717, 1.165) is 11.3 Å². The van der Waals surface area contributed by atoms with Crippen LogP contribution in [0.3, 0.4) is 0 Å². The van der Waals surface area contributed by atoms with Crippen LogP contribution in [0.5, 0.6) is 23.0 Å². The molecule has 4 rings (SSSR count). The maximum absolute atomic E-state index is 13.4. The number of nitrogens with one attached hydrogen (secondary N) is 1. The quantitative estimate of drug-likeness (QED) is 0.274. The summed E-state index contributed by atoms with van der Waals surface area (Å²) in [5.74, 6) is 1.98. The van der Waals surface area contributed by atoms with Gasteiger partial charge < -0.3 is 23.8 Å². The zero-order chi connectivity index (χ0) is 29.5. The summed E-state index contributed by atoms with van der Waals surface area (Å²) in [7, 11) is 6.27. The maximum Gasteiger partial charge on any atom is 0.254 e. The minimum absolute atomic E-state index is 0.176. The third-order valence-electron chi connectivity index (χ3n) is 6.50. The topological polar surface area (TPSA) is 104 Å². The van der Waals surface area contributed by atoms with Gasteiger partial charge in [0.2, 0.25) is 11.9 Å². The second-order valence-corrected chi connectivity index (χ2v) is 9.39. The molecule has 0 saturated heterocycles. The molecular formula is C31H34N4O6. The third-order valence-corrected chi connectivity index (χ3v) is 6.50. The van der Waals surface area contributed by atoms with Gasteiger partial charge in [-0.2, -0.15) is 0 Å². The molecule has 41 heavy (non-hydrogen) atoms. The van der Waals surface area contributed by atoms with Crippen LogP contribution in [-0.2, 0) is 4.79 Å². The van der Waals surface area contributed by atoms with E-state index >= 15 is 0 Å². The predicted molar refractivity (Wildman–Crippen MR) is 156 cm³/mol. The van der Waals surface area contributed by atoms with E-state index < -0.39 is 5.91 Å². The Bertz CT molecular complexity index is 1510. The first-order valence-corrected chi connectivity index (χ1v) is 13.0. The van der Waals surface area contributed by atoms with Crippen LogP contribution in [0.4, 0.5) is 5.95 Å². The normalized spacial score (nSPS) is 10.7. The number of hydrogen-bond donors (Lipinski definition) is 1. The number of benzene rings is 3. The smallest absolute Gasteiger partial charge is 0.254 e. The second-order valence-electron chi connectivity index (χ2n) is 9.39. The number of ether oxygens (including phenoxy) is 4. The molecule has 0 bridgehead atoms. The van der Waals surface area contributed by atoms with Gasteiger partial charge in [0.15, 0.2) is 11.5 Å². The molecule has 0 aliphatic rings. The van der Waals surface area contributed by atoms with Crippen LogP contribution in [-0.4, -0.2) is 67.3 Å². The summed E-state index contributed by atoms with van der Waals surface area (Å²) in [4.78, 5) is 32.9. The Hall–Kier alpha value is -4.99. The number of anilines is 1. The van der Waals surface area contributed by atoms with Crippen LogP contribution in [0.25, 0.3) is 16.9 Å². The van der Waals surface area contributed by atoms with Gasteiger partial charge in [-0.1, -0.05) is 6.07 Å². The molecule has 1 N–H and O–H groups in total. The highest BCUT2D eigenvalue weighted by atomic mass is 16.5. The van der Waals surface area contributed by atoms with E-state index in [9.17, 15) is 9.59 Å². The van der Waals surface area contributed by atoms with E-state index in [2.05, 4.69) is 5.32 Å². The van der Waals surface area contributed by atoms with Gasteiger partial charge in [0, 0.05) is 29.4 Å². The Morgan fingerprint density at radius 1 is 0.854 bits per heavy atom. The molecule has 0 radical (unpaired) electrons. The number of methoxy groups -OCH3 is 4. The molecule has 2 amide bonds. The lowest BCUT2D eigenvalue weighted by atomic mass is 10.1. The summed E-state index contributed by atoms with van der Waals surface area (Å²) in [6, 6.07) is 19.5. The first-order valence-electron chi connectivity index (χ1n) is 13.0. The molecule has 0 unspecified atom stereocenters. The number of imidazole rings is 1. The Labute approximate surface area is 239 Å². The standard InChI is InChI=1S/C31H34N4O6/c1-20(2)34(30(37)22-8-7-9-25(16-22)39-4)19-29(36)33-31-32-26(21-10-13-24(38-3)14-11-21)18-35(31)23-12-15-27(40-5)28(17-23)41-6/h7-18,20H,19H2,1-6H3,(H,32,33,36). The van der Waals surface area contributed by atoms with Crippen LogP contribution in [0, 0.1) is 0 Å². The minimum atomic E-state index is -0.399. The van der Waals surface area contributed by atoms with Crippen molar-refractivity contribution in [1.82, 2.24) is 14.5 Å². The van der Waals surface area contributed by atoms with Crippen LogP contribution < -0.4 is 24.3 Å². The second kappa shape index (κ2) is 12.9. The fraction of sp³-hybridized carbons (Fsp3) is 0.258. The van der Waals surface area contributed by atoms with Crippen molar-refractivity contribution in [3.63, 3.8) is 0 Å². The van der Waals surface area contributed by atoms with Gasteiger partial charge in [0.25, 0.3) is 5.91 Å². The average molecular weight is 559 g/mol. The van der Waals surface area contributed by atoms with Crippen molar-refractivity contribution in [2.24, 2.45) is 0 Å². The molecule has 0 spiro atoms. The lowest BCUT2D eigenvalue weighted by Crippen LogP contribution is -2.42. The van der Waals surface area contributed by atoms with Gasteiger partial charge in [-0.3, -0.25) is 19.5 Å². The number of nitrogens with zero attached hydrogens (tertiary/aromatic N) is 3. The van der Waals surface area contributed by atoms with Crippen LogP contribution in [0.15, 0.2) is 72.9 Å². The van der Waals surface area contributed by atoms with E-state index in [-0.39, 0.29) is 24.4 Å². The summed E-state index contributed by atoms with van der Waals surface area (Å²) in [5.41, 5.74) is 2.58. The van der Waals surface area contributed by atoms with Crippen molar-refractivity contribution >= 4 is 17.8 Å². The van der Waals surface area contributed by atoms with Crippen molar-refractivity contribution in [3.05, 3.63) is 78.5 Å². The van der Waals surface area contributed by atoms with E-state index in [1.807, 2.05) is 50.4 Å². The molecular weight excluding hydrogens is 524 g/mol. The Balaban J connectivity index is 1.66. The molecule has 0 atom stereocenters. The van der Waals surface area contributed by atoms with Crippen molar-refractivity contribution in [1.29, 1.82) is 0 Å². The van der Waals surface area contributed by atoms with Crippen molar-refractivity contribution in [3.8, 4) is 39.9 Å². The van der Waals surface area contributed by atoms with Crippen molar-refractivity contribution in [2.75, 3.05) is 40.3 Å². The van der Waals surface area contributed by atoms with Gasteiger partial charge in [-0.25, -0.2) is 4.98 Å². The molecule has 1 heterocycles. The van der Waals surface area contributed by atoms with Crippen molar-refractivity contribution in [2.45, 2.75) is 19.9 Å². The largest absolute Gasteiger partial charge is 0.497 e. The first-order chi connectivity index (χ1) is 19.8. The minimum Gasteiger partial charge on any atom is -0.497 e. The monoisotopic (exact) mass is 558 g/mol.